The van der Waals surface area contributed by atoms with E-state index in [9.17, 15) is 4.79 Å². The minimum atomic E-state index is -0.362. The SMILES string of the molecule is CCc1cccnc1CNC(=O)c1cc(Cl)nnc1Cl. The molecule has 2 heterocycles. The molecule has 0 aliphatic carbocycles. The van der Waals surface area contributed by atoms with E-state index in [-0.39, 0.29) is 21.8 Å². The Labute approximate surface area is 126 Å². The number of aryl methyl sites for hydroxylation is 1. The van der Waals surface area contributed by atoms with Crippen LogP contribution in [0.25, 0.3) is 0 Å². The normalized spacial score (nSPS) is 10.3. The van der Waals surface area contributed by atoms with Crippen LogP contribution in [0.1, 0.15) is 28.5 Å². The van der Waals surface area contributed by atoms with E-state index < -0.39 is 0 Å². The van der Waals surface area contributed by atoms with Crippen LogP contribution in [0.4, 0.5) is 0 Å². The van der Waals surface area contributed by atoms with Gasteiger partial charge in [0.05, 0.1) is 17.8 Å². The van der Waals surface area contributed by atoms with E-state index in [1.165, 1.54) is 6.07 Å². The number of rotatable bonds is 4. The Morgan fingerprint density at radius 2 is 2.15 bits per heavy atom. The van der Waals surface area contributed by atoms with Gasteiger partial charge in [-0.05, 0) is 24.1 Å². The quantitative estimate of drug-likeness (QED) is 0.942. The van der Waals surface area contributed by atoms with Gasteiger partial charge in [0.2, 0.25) is 0 Å². The Bertz CT molecular complexity index is 634. The van der Waals surface area contributed by atoms with Crippen molar-refractivity contribution in [2.75, 3.05) is 0 Å². The number of pyridine rings is 1. The predicted octanol–water partition coefficient (Wildman–Crippen LogP) is 2.67. The molecule has 0 saturated heterocycles. The Balaban J connectivity index is 2.11. The fourth-order valence-electron chi connectivity index (χ4n) is 1.72. The third-order valence-electron chi connectivity index (χ3n) is 2.75. The molecule has 0 aliphatic rings. The van der Waals surface area contributed by atoms with Gasteiger partial charge in [-0.2, -0.15) is 0 Å². The van der Waals surface area contributed by atoms with Gasteiger partial charge in [-0.15, -0.1) is 10.2 Å². The molecule has 0 spiro atoms. The molecule has 0 aromatic carbocycles. The predicted molar refractivity (Wildman–Crippen MR) is 76.8 cm³/mol. The molecule has 0 aliphatic heterocycles. The highest BCUT2D eigenvalue weighted by Gasteiger charge is 2.13. The van der Waals surface area contributed by atoms with Crippen LogP contribution in [0.2, 0.25) is 10.3 Å². The lowest BCUT2D eigenvalue weighted by molar-refractivity contribution is 0.0950. The Kier molecular flexibility index (Phi) is 4.87. The van der Waals surface area contributed by atoms with Crippen molar-refractivity contribution in [2.24, 2.45) is 0 Å². The number of hydrogen-bond donors (Lipinski definition) is 1. The first-order valence-corrected chi connectivity index (χ1v) is 6.77. The van der Waals surface area contributed by atoms with Crippen molar-refractivity contribution >= 4 is 29.1 Å². The van der Waals surface area contributed by atoms with Crippen molar-refractivity contribution in [2.45, 2.75) is 19.9 Å². The molecule has 7 heteroatoms. The van der Waals surface area contributed by atoms with E-state index in [2.05, 4.69) is 20.5 Å². The molecule has 1 amide bonds. The molecule has 0 bridgehead atoms. The maximum atomic E-state index is 12.0. The Morgan fingerprint density at radius 1 is 1.35 bits per heavy atom. The number of carbonyl (C=O) groups is 1. The molecular weight excluding hydrogens is 299 g/mol. The summed E-state index contributed by atoms with van der Waals surface area (Å²) in [5.41, 5.74) is 2.11. The summed E-state index contributed by atoms with van der Waals surface area (Å²) in [6.45, 7) is 2.35. The molecule has 0 saturated carbocycles. The summed E-state index contributed by atoms with van der Waals surface area (Å²) in [5.74, 6) is -0.362. The van der Waals surface area contributed by atoms with Crippen molar-refractivity contribution < 1.29 is 4.79 Å². The van der Waals surface area contributed by atoms with E-state index in [4.69, 9.17) is 23.2 Å². The van der Waals surface area contributed by atoms with Gasteiger partial charge < -0.3 is 5.32 Å². The molecule has 1 N–H and O–H groups in total. The average Bonchev–Trinajstić information content (AvgIpc) is 2.47. The van der Waals surface area contributed by atoms with Crippen molar-refractivity contribution in [3.8, 4) is 0 Å². The molecule has 0 unspecified atom stereocenters. The van der Waals surface area contributed by atoms with Crippen molar-refractivity contribution in [1.82, 2.24) is 20.5 Å². The molecule has 0 fully saturated rings. The molecule has 20 heavy (non-hydrogen) atoms. The molecule has 2 aromatic heterocycles. The minimum Gasteiger partial charge on any atom is -0.346 e. The van der Waals surface area contributed by atoms with Crippen LogP contribution < -0.4 is 5.32 Å². The first-order valence-electron chi connectivity index (χ1n) is 6.01. The zero-order chi connectivity index (χ0) is 14.5. The van der Waals surface area contributed by atoms with Crippen molar-refractivity contribution in [1.29, 1.82) is 0 Å². The third-order valence-corrected chi connectivity index (χ3v) is 3.21. The lowest BCUT2D eigenvalue weighted by atomic mass is 10.1. The van der Waals surface area contributed by atoms with Crippen LogP contribution in [0.3, 0.4) is 0 Å². The van der Waals surface area contributed by atoms with Crippen LogP contribution >= 0.6 is 23.2 Å². The molecule has 104 valence electrons. The van der Waals surface area contributed by atoms with Crippen LogP contribution in [-0.4, -0.2) is 21.1 Å². The topological polar surface area (TPSA) is 67.8 Å². The summed E-state index contributed by atoms with van der Waals surface area (Å²) in [5, 5.41) is 10.0. The average molecular weight is 311 g/mol. The van der Waals surface area contributed by atoms with E-state index in [0.29, 0.717) is 6.54 Å². The van der Waals surface area contributed by atoms with Crippen LogP contribution in [0, 0.1) is 0 Å². The lowest BCUT2D eigenvalue weighted by Crippen LogP contribution is -2.24. The molecule has 2 aromatic rings. The highest BCUT2D eigenvalue weighted by molar-refractivity contribution is 6.34. The monoisotopic (exact) mass is 310 g/mol. The summed E-state index contributed by atoms with van der Waals surface area (Å²) in [7, 11) is 0. The number of amides is 1. The van der Waals surface area contributed by atoms with Gasteiger partial charge in [0.1, 0.15) is 0 Å². The maximum absolute atomic E-state index is 12.0. The van der Waals surface area contributed by atoms with Crippen LogP contribution in [0.15, 0.2) is 24.4 Å². The van der Waals surface area contributed by atoms with Gasteiger partial charge in [0.25, 0.3) is 5.91 Å². The van der Waals surface area contributed by atoms with E-state index in [1.54, 1.807) is 6.20 Å². The fraction of sp³-hybridized carbons (Fsp3) is 0.231. The molecule has 2 rings (SSSR count). The zero-order valence-corrected chi connectivity index (χ0v) is 12.2. The van der Waals surface area contributed by atoms with Gasteiger partial charge >= 0.3 is 0 Å². The Morgan fingerprint density at radius 3 is 2.90 bits per heavy atom. The van der Waals surface area contributed by atoms with Crippen LogP contribution in [-0.2, 0) is 13.0 Å². The maximum Gasteiger partial charge on any atom is 0.254 e. The van der Waals surface area contributed by atoms with Crippen LogP contribution in [0.5, 0.6) is 0 Å². The number of nitrogens with zero attached hydrogens (tertiary/aromatic N) is 3. The molecule has 0 radical (unpaired) electrons. The number of carbonyl (C=O) groups excluding carboxylic acids is 1. The second kappa shape index (κ2) is 6.63. The lowest BCUT2D eigenvalue weighted by Gasteiger charge is -2.08. The highest BCUT2D eigenvalue weighted by atomic mass is 35.5. The fourth-order valence-corrected chi connectivity index (χ4v) is 2.05. The summed E-state index contributed by atoms with van der Waals surface area (Å²) >= 11 is 11.5. The van der Waals surface area contributed by atoms with Crippen molar-refractivity contribution in [3.63, 3.8) is 0 Å². The standard InChI is InChI=1S/C13H12Cl2N4O/c1-2-8-4-3-5-16-10(8)7-17-13(20)9-6-11(14)18-19-12(9)15/h3-6H,2,7H2,1H3,(H,17,20). The number of halogens is 2. The van der Waals surface area contributed by atoms with Gasteiger partial charge in [-0.25, -0.2) is 0 Å². The molecule has 5 nitrogen and oxygen atoms in total. The minimum absolute atomic E-state index is 0.0173. The summed E-state index contributed by atoms with van der Waals surface area (Å²) in [4.78, 5) is 16.3. The number of aromatic nitrogens is 3. The third kappa shape index (κ3) is 3.43. The summed E-state index contributed by atoms with van der Waals surface area (Å²) < 4.78 is 0. The van der Waals surface area contributed by atoms with E-state index in [1.807, 2.05) is 19.1 Å². The van der Waals surface area contributed by atoms with Crippen molar-refractivity contribution in [3.05, 3.63) is 51.5 Å². The van der Waals surface area contributed by atoms with Gasteiger partial charge in [-0.1, -0.05) is 36.2 Å². The summed E-state index contributed by atoms with van der Waals surface area (Å²) in [6.07, 6.45) is 2.54. The van der Waals surface area contributed by atoms with E-state index >= 15 is 0 Å². The van der Waals surface area contributed by atoms with Gasteiger partial charge in [0.15, 0.2) is 10.3 Å². The second-order valence-electron chi connectivity index (χ2n) is 4.02. The first kappa shape index (κ1) is 14.7. The van der Waals surface area contributed by atoms with Gasteiger partial charge in [0, 0.05) is 6.20 Å². The second-order valence-corrected chi connectivity index (χ2v) is 4.76. The largest absolute Gasteiger partial charge is 0.346 e. The molecule has 0 atom stereocenters. The zero-order valence-electron chi connectivity index (χ0n) is 10.7. The molecular formula is C13H12Cl2N4O. The first-order chi connectivity index (χ1) is 9.61. The highest BCUT2D eigenvalue weighted by Crippen LogP contribution is 2.15. The number of nitrogens with one attached hydrogen (secondary N) is 1. The summed E-state index contributed by atoms with van der Waals surface area (Å²) in [6, 6.07) is 5.23. The van der Waals surface area contributed by atoms with Gasteiger partial charge in [-0.3, -0.25) is 9.78 Å². The van der Waals surface area contributed by atoms with E-state index in [0.717, 1.165) is 17.7 Å². The number of hydrogen-bond acceptors (Lipinski definition) is 4. The Hall–Kier alpha value is -1.72. The smallest absolute Gasteiger partial charge is 0.254 e.